The molecule has 0 saturated carbocycles. The maximum atomic E-state index is 13.3. The molecule has 0 bridgehead atoms. The number of carbonyl (C=O) groups excluding carboxylic acids is 1. The van der Waals surface area contributed by atoms with Crippen molar-refractivity contribution in [1.29, 1.82) is 0 Å². The summed E-state index contributed by atoms with van der Waals surface area (Å²) in [6.45, 7) is -2.92. The van der Waals surface area contributed by atoms with Gasteiger partial charge in [-0.2, -0.15) is 8.78 Å². The molecule has 0 spiro atoms. The number of anilines is 1. The summed E-state index contributed by atoms with van der Waals surface area (Å²) in [5.74, 6) is 0.774. The first kappa shape index (κ1) is 21.9. The lowest BCUT2D eigenvalue weighted by atomic mass is 10.1. The Morgan fingerprint density at radius 1 is 1.00 bits per heavy atom. The van der Waals surface area contributed by atoms with Gasteiger partial charge in [-0.1, -0.05) is 54.2 Å². The van der Waals surface area contributed by atoms with Crippen molar-refractivity contribution in [2.75, 3.05) is 4.90 Å². The van der Waals surface area contributed by atoms with Crippen LogP contribution in [0.4, 0.5) is 14.5 Å². The van der Waals surface area contributed by atoms with Crippen LogP contribution in [0.5, 0.6) is 5.75 Å². The van der Waals surface area contributed by atoms with E-state index in [-0.39, 0.29) is 17.4 Å². The number of aliphatic imine (C=N–C) groups is 1. The molecule has 4 aromatic rings. The number of carbonyl (C=O) groups is 1. The molecule has 8 heteroatoms. The van der Waals surface area contributed by atoms with E-state index < -0.39 is 6.61 Å². The van der Waals surface area contributed by atoms with Crippen molar-refractivity contribution in [2.24, 2.45) is 4.99 Å². The summed E-state index contributed by atoms with van der Waals surface area (Å²) in [4.78, 5) is 19.3. The van der Waals surface area contributed by atoms with Gasteiger partial charge in [-0.05, 0) is 52.7 Å². The highest BCUT2D eigenvalue weighted by Gasteiger charge is 2.32. The van der Waals surface area contributed by atoms with E-state index in [1.54, 1.807) is 30.3 Å². The maximum Gasteiger partial charge on any atom is 0.387 e. The number of rotatable bonds is 6. The van der Waals surface area contributed by atoms with Gasteiger partial charge in [0, 0.05) is 11.8 Å². The van der Waals surface area contributed by atoms with E-state index in [1.165, 1.54) is 35.1 Å². The summed E-state index contributed by atoms with van der Waals surface area (Å²) in [5, 5.41) is 2.75. The van der Waals surface area contributed by atoms with Gasteiger partial charge in [0.1, 0.15) is 17.2 Å². The average Bonchev–Trinajstić information content (AvgIpc) is 3.46. The van der Waals surface area contributed by atoms with Gasteiger partial charge in [0.05, 0.1) is 12.0 Å². The number of nitrogens with zero attached hydrogens (tertiary/aromatic N) is 2. The Kier molecular flexibility index (Phi) is 6.14. The topological polar surface area (TPSA) is 55.0 Å². The zero-order chi connectivity index (χ0) is 23.5. The minimum absolute atomic E-state index is 0.0126. The highest BCUT2D eigenvalue weighted by atomic mass is 32.2. The molecule has 170 valence electrons. The van der Waals surface area contributed by atoms with Gasteiger partial charge in [-0.3, -0.25) is 9.69 Å². The lowest BCUT2D eigenvalue weighted by molar-refractivity contribution is -0.113. The van der Waals surface area contributed by atoms with E-state index >= 15 is 0 Å². The van der Waals surface area contributed by atoms with Crippen LogP contribution in [0.25, 0.3) is 16.8 Å². The monoisotopic (exact) mass is 476 g/mol. The third-order valence-corrected chi connectivity index (χ3v) is 6.20. The van der Waals surface area contributed by atoms with Gasteiger partial charge in [0.15, 0.2) is 5.17 Å². The fourth-order valence-corrected chi connectivity index (χ4v) is 4.68. The number of hydrogen-bond acceptors (Lipinski definition) is 5. The number of halogens is 2. The number of alkyl halides is 2. The molecule has 1 aromatic heterocycles. The number of fused-ring (bicyclic) bond motifs is 1. The molecule has 5 nitrogen and oxygen atoms in total. The third kappa shape index (κ3) is 4.58. The quantitative estimate of drug-likeness (QED) is 0.290. The van der Waals surface area contributed by atoms with Crippen molar-refractivity contribution >= 4 is 45.4 Å². The Balaban J connectivity index is 1.46. The van der Waals surface area contributed by atoms with Crippen LogP contribution in [0.3, 0.4) is 0 Å². The minimum atomic E-state index is -2.92. The zero-order valence-corrected chi connectivity index (χ0v) is 18.5. The number of hydrogen-bond donors (Lipinski definition) is 0. The van der Waals surface area contributed by atoms with Gasteiger partial charge in [-0.25, -0.2) is 4.99 Å². The summed E-state index contributed by atoms with van der Waals surface area (Å²) >= 11 is 1.42. The lowest BCUT2D eigenvalue weighted by Gasteiger charge is -2.18. The number of amides is 1. The standard InChI is InChI=1S/C26H18F2N2O3S/c27-25(28)33-20-12-10-19(11-13-20)30-24(31)23(15-21-8-4-14-32-21)29-26(30)34-16-18-7-3-6-17-5-1-2-9-22(17)18/h1-15,25H,16H2. The summed E-state index contributed by atoms with van der Waals surface area (Å²) < 4.78 is 34.8. The molecule has 0 aliphatic carbocycles. The second-order valence-corrected chi connectivity index (χ2v) is 8.32. The number of benzene rings is 3. The van der Waals surface area contributed by atoms with Crippen molar-refractivity contribution < 1.29 is 22.7 Å². The second kappa shape index (κ2) is 9.52. The molecular formula is C26H18F2N2O3S. The van der Waals surface area contributed by atoms with E-state index in [1.807, 2.05) is 24.3 Å². The summed E-state index contributed by atoms with van der Waals surface area (Å²) in [5.41, 5.74) is 1.84. The van der Waals surface area contributed by atoms with Crippen molar-refractivity contribution in [2.45, 2.75) is 12.4 Å². The van der Waals surface area contributed by atoms with Crippen LogP contribution in [0.1, 0.15) is 11.3 Å². The van der Waals surface area contributed by atoms with E-state index in [9.17, 15) is 13.6 Å². The van der Waals surface area contributed by atoms with E-state index in [4.69, 9.17) is 4.42 Å². The Bertz CT molecular complexity index is 1380. The molecule has 0 unspecified atom stereocenters. The smallest absolute Gasteiger partial charge is 0.387 e. The van der Waals surface area contributed by atoms with Crippen LogP contribution >= 0.6 is 11.8 Å². The molecule has 34 heavy (non-hydrogen) atoms. The molecule has 0 radical (unpaired) electrons. The molecular weight excluding hydrogens is 458 g/mol. The molecule has 2 heterocycles. The fourth-order valence-electron chi connectivity index (χ4n) is 3.67. The molecule has 3 aromatic carbocycles. The Morgan fingerprint density at radius 2 is 1.79 bits per heavy atom. The van der Waals surface area contributed by atoms with E-state index in [0.29, 0.717) is 22.4 Å². The second-order valence-electron chi connectivity index (χ2n) is 7.38. The fraction of sp³-hybridized carbons (Fsp3) is 0.0769. The molecule has 0 saturated heterocycles. The zero-order valence-electron chi connectivity index (χ0n) is 17.7. The van der Waals surface area contributed by atoms with Crippen LogP contribution in [0.2, 0.25) is 0 Å². The third-order valence-electron chi connectivity index (χ3n) is 5.21. The Morgan fingerprint density at radius 3 is 2.56 bits per heavy atom. The maximum absolute atomic E-state index is 13.3. The number of ether oxygens (including phenoxy) is 1. The number of amidine groups is 1. The van der Waals surface area contributed by atoms with Gasteiger partial charge in [0.25, 0.3) is 5.91 Å². The number of furan rings is 1. The van der Waals surface area contributed by atoms with Crippen LogP contribution in [-0.2, 0) is 10.5 Å². The molecule has 1 amide bonds. The normalized spacial score (nSPS) is 14.9. The largest absolute Gasteiger partial charge is 0.465 e. The van der Waals surface area contributed by atoms with Crippen molar-refractivity contribution in [3.05, 3.63) is 102 Å². The van der Waals surface area contributed by atoms with E-state index in [2.05, 4.69) is 27.9 Å². The molecule has 5 rings (SSSR count). The summed E-state index contributed by atoms with van der Waals surface area (Å²) in [7, 11) is 0. The van der Waals surface area contributed by atoms with Gasteiger partial charge >= 0.3 is 6.61 Å². The summed E-state index contributed by atoms with van der Waals surface area (Å²) in [6.07, 6.45) is 3.10. The summed E-state index contributed by atoms with van der Waals surface area (Å²) in [6, 6.07) is 23.6. The first-order valence-electron chi connectivity index (χ1n) is 10.4. The van der Waals surface area contributed by atoms with Crippen molar-refractivity contribution in [1.82, 2.24) is 0 Å². The van der Waals surface area contributed by atoms with Crippen LogP contribution in [-0.4, -0.2) is 17.7 Å². The van der Waals surface area contributed by atoms with E-state index in [0.717, 1.165) is 16.3 Å². The molecule has 1 aliphatic rings. The molecule has 0 fully saturated rings. The molecule has 0 atom stereocenters. The molecule has 0 N–H and O–H groups in total. The Labute approximate surface area is 198 Å². The van der Waals surface area contributed by atoms with Gasteiger partial charge in [0.2, 0.25) is 0 Å². The first-order chi connectivity index (χ1) is 16.6. The number of thioether (sulfide) groups is 1. The predicted molar refractivity (Wildman–Crippen MR) is 130 cm³/mol. The highest BCUT2D eigenvalue weighted by Crippen LogP contribution is 2.33. The van der Waals surface area contributed by atoms with Crippen LogP contribution in [0.15, 0.2) is 100 Å². The SMILES string of the molecule is O=C1C(=Cc2ccco2)N=C(SCc2cccc3ccccc23)N1c1ccc(OC(F)F)cc1. The van der Waals surface area contributed by atoms with Crippen molar-refractivity contribution in [3.63, 3.8) is 0 Å². The van der Waals surface area contributed by atoms with Gasteiger partial charge < -0.3 is 9.15 Å². The Hall–Kier alpha value is -3.91. The minimum Gasteiger partial charge on any atom is -0.465 e. The predicted octanol–water partition coefficient (Wildman–Crippen LogP) is 6.71. The van der Waals surface area contributed by atoms with Crippen molar-refractivity contribution in [3.8, 4) is 5.75 Å². The average molecular weight is 477 g/mol. The first-order valence-corrected chi connectivity index (χ1v) is 11.4. The molecule has 1 aliphatic heterocycles. The van der Waals surface area contributed by atoms with Crippen LogP contribution < -0.4 is 9.64 Å². The van der Waals surface area contributed by atoms with Crippen LogP contribution in [0, 0.1) is 0 Å². The van der Waals surface area contributed by atoms with Gasteiger partial charge in [-0.15, -0.1) is 0 Å². The highest BCUT2D eigenvalue weighted by molar-refractivity contribution is 8.13. The lowest BCUT2D eigenvalue weighted by Crippen LogP contribution is -2.30.